The number of pyridine rings is 1. The van der Waals surface area contributed by atoms with Crippen LogP contribution in [-0.4, -0.2) is 15.4 Å². The number of nitrogens with zero attached hydrogens (tertiary/aromatic N) is 1. The molecular weight excluding hydrogens is 509 g/mol. The molecule has 0 saturated heterocycles. The van der Waals surface area contributed by atoms with Crippen molar-refractivity contribution in [3.63, 3.8) is 0 Å². The van der Waals surface area contributed by atoms with E-state index in [0.717, 1.165) is 29.5 Å². The van der Waals surface area contributed by atoms with E-state index < -0.39 is 0 Å². The average molecular weight is 539 g/mol. The van der Waals surface area contributed by atoms with Crippen LogP contribution in [0.25, 0.3) is 0 Å². The van der Waals surface area contributed by atoms with Gasteiger partial charge < -0.3 is 9.67 Å². The number of halogens is 2. The number of thiol groups is 1. The molecule has 0 aliphatic carbocycles. The summed E-state index contributed by atoms with van der Waals surface area (Å²) in [6.07, 6.45) is 3.83. The Labute approximate surface area is 228 Å². The van der Waals surface area contributed by atoms with E-state index in [4.69, 9.17) is 28.3 Å². The van der Waals surface area contributed by atoms with Gasteiger partial charge in [-0.15, -0.1) is 0 Å². The van der Waals surface area contributed by atoms with E-state index in [9.17, 15) is 4.79 Å². The summed E-state index contributed by atoms with van der Waals surface area (Å²) in [5, 5.41) is 9.49. The molecule has 0 aliphatic rings. The van der Waals surface area contributed by atoms with E-state index in [1.165, 1.54) is 5.56 Å². The molecule has 0 bridgehead atoms. The van der Waals surface area contributed by atoms with Crippen LogP contribution in [0.15, 0.2) is 114 Å². The summed E-state index contributed by atoms with van der Waals surface area (Å²) in [5.74, 6) is 0.462. The second-order valence-corrected chi connectivity index (χ2v) is 9.53. The number of aliphatic hydroxyl groups is 1. The maximum absolute atomic E-state index is 12.5. The van der Waals surface area contributed by atoms with Crippen molar-refractivity contribution < 1.29 is 5.11 Å². The first-order valence-corrected chi connectivity index (χ1v) is 13.0. The van der Waals surface area contributed by atoms with Gasteiger partial charge in [-0.1, -0.05) is 90.4 Å². The zero-order chi connectivity index (χ0) is 25.9. The van der Waals surface area contributed by atoms with Crippen molar-refractivity contribution >= 4 is 35.8 Å². The summed E-state index contributed by atoms with van der Waals surface area (Å²) >= 11 is 15.9. The molecule has 36 heavy (non-hydrogen) atoms. The highest BCUT2D eigenvalue weighted by Gasteiger charge is 2.18. The summed E-state index contributed by atoms with van der Waals surface area (Å²) in [6.45, 7) is 3.83. The molecular formula is C30H29Cl2NO2S. The average Bonchev–Trinajstić information content (AvgIpc) is 2.89. The zero-order valence-corrected chi connectivity index (χ0v) is 22.3. The van der Waals surface area contributed by atoms with Crippen molar-refractivity contribution in [3.8, 4) is 0 Å². The van der Waals surface area contributed by atoms with Gasteiger partial charge in [0.15, 0.2) is 0 Å². The van der Waals surface area contributed by atoms with Crippen LogP contribution in [0.1, 0.15) is 34.6 Å². The number of aromatic nitrogens is 1. The van der Waals surface area contributed by atoms with Gasteiger partial charge in [-0.3, -0.25) is 4.79 Å². The lowest BCUT2D eigenvalue weighted by Gasteiger charge is -2.20. The fourth-order valence-corrected chi connectivity index (χ4v) is 4.13. The molecule has 0 radical (unpaired) electrons. The molecule has 3 aromatic carbocycles. The number of rotatable bonds is 8. The number of aliphatic hydroxyl groups excluding tert-OH is 1. The fourth-order valence-electron chi connectivity index (χ4n) is 3.88. The van der Waals surface area contributed by atoms with Crippen LogP contribution >= 0.6 is 35.8 Å². The topological polar surface area (TPSA) is 42.2 Å². The van der Waals surface area contributed by atoms with Crippen LogP contribution in [0.3, 0.4) is 0 Å². The Morgan fingerprint density at radius 2 is 1.33 bits per heavy atom. The molecule has 1 heterocycles. The Morgan fingerprint density at radius 3 is 1.83 bits per heavy atom. The van der Waals surface area contributed by atoms with Gasteiger partial charge in [-0.2, -0.15) is 12.6 Å². The van der Waals surface area contributed by atoms with E-state index >= 15 is 0 Å². The summed E-state index contributed by atoms with van der Waals surface area (Å²) in [5.41, 5.74) is 4.58. The third-order valence-corrected chi connectivity index (χ3v) is 6.51. The molecule has 0 aliphatic heterocycles. The normalized spacial score (nSPS) is 10.6. The summed E-state index contributed by atoms with van der Waals surface area (Å²) in [4.78, 5) is 12.5. The van der Waals surface area contributed by atoms with E-state index in [-0.39, 0.29) is 17.2 Å². The Hall–Kier alpha value is -2.92. The standard InChI is InChI=1S/C27H23Cl2NO.C3H6OS/c28-24-13-8-21(9-14-24)27(22-10-15-25(29)16-11-22)23-12-17-26(31)30(19-23)18-4-7-20-5-2-1-3-6-20;1-3(4)2-5/h1-3,5-6,8-17,19,27H,4,7,18H2;4-5H,1-2H2. The minimum absolute atomic E-state index is 0.0165. The Balaban J connectivity index is 0.000000658. The van der Waals surface area contributed by atoms with E-state index in [0.29, 0.717) is 22.3 Å². The highest BCUT2D eigenvalue weighted by molar-refractivity contribution is 7.80. The molecule has 3 nitrogen and oxygen atoms in total. The van der Waals surface area contributed by atoms with Gasteiger partial charge in [-0.05, 0) is 59.4 Å². The number of aryl methyl sites for hydroxylation is 2. The summed E-state index contributed by atoms with van der Waals surface area (Å²) in [7, 11) is 0. The first kappa shape index (κ1) is 27.7. The quantitative estimate of drug-likeness (QED) is 0.177. The molecule has 4 rings (SSSR count). The van der Waals surface area contributed by atoms with Crippen molar-refractivity contribution in [2.24, 2.45) is 0 Å². The highest BCUT2D eigenvalue weighted by atomic mass is 35.5. The minimum atomic E-state index is -0.0180. The monoisotopic (exact) mass is 537 g/mol. The molecule has 186 valence electrons. The summed E-state index contributed by atoms with van der Waals surface area (Å²) in [6, 6.07) is 29.7. The van der Waals surface area contributed by atoms with Gasteiger partial charge in [0.1, 0.15) is 0 Å². The van der Waals surface area contributed by atoms with Crippen LogP contribution in [0.5, 0.6) is 0 Å². The van der Waals surface area contributed by atoms with Gasteiger partial charge in [0, 0.05) is 40.5 Å². The van der Waals surface area contributed by atoms with Crippen LogP contribution in [-0.2, 0) is 13.0 Å². The highest BCUT2D eigenvalue weighted by Crippen LogP contribution is 2.32. The maximum atomic E-state index is 12.5. The molecule has 1 aromatic heterocycles. The second kappa shape index (κ2) is 14.0. The predicted molar refractivity (Wildman–Crippen MR) is 155 cm³/mol. The van der Waals surface area contributed by atoms with Gasteiger partial charge in [0.25, 0.3) is 5.56 Å². The lowest BCUT2D eigenvalue weighted by atomic mass is 9.86. The van der Waals surface area contributed by atoms with Crippen LogP contribution in [0, 0.1) is 0 Å². The maximum Gasteiger partial charge on any atom is 0.250 e. The van der Waals surface area contributed by atoms with Crippen molar-refractivity contribution in [3.05, 3.63) is 152 Å². The molecule has 0 fully saturated rings. The van der Waals surface area contributed by atoms with E-state index in [1.54, 1.807) is 6.07 Å². The second-order valence-electron chi connectivity index (χ2n) is 8.34. The molecule has 0 spiro atoms. The Morgan fingerprint density at radius 1 is 0.833 bits per heavy atom. The first-order chi connectivity index (χ1) is 17.4. The van der Waals surface area contributed by atoms with Gasteiger partial charge in [0.2, 0.25) is 0 Å². The third-order valence-electron chi connectivity index (χ3n) is 5.64. The molecule has 1 N–H and O–H groups in total. The van der Waals surface area contributed by atoms with Crippen LogP contribution < -0.4 is 5.56 Å². The Bertz CT molecular complexity index is 1260. The molecule has 0 atom stereocenters. The fraction of sp³-hybridized carbons (Fsp3) is 0.167. The predicted octanol–water partition coefficient (Wildman–Crippen LogP) is 7.96. The third kappa shape index (κ3) is 8.34. The number of benzene rings is 3. The molecule has 0 amide bonds. The molecule has 6 heteroatoms. The first-order valence-electron chi connectivity index (χ1n) is 11.6. The molecule has 0 saturated carbocycles. The van der Waals surface area contributed by atoms with Gasteiger partial charge in [-0.25, -0.2) is 0 Å². The van der Waals surface area contributed by atoms with Crippen molar-refractivity contribution in [1.82, 2.24) is 4.57 Å². The van der Waals surface area contributed by atoms with Crippen molar-refractivity contribution in [1.29, 1.82) is 0 Å². The Kier molecular flexibility index (Phi) is 10.7. The molecule has 0 unspecified atom stereocenters. The van der Waals surface area contributed by atoms with Crippen LogP contribution in [0.4, 0.5) is 0 Å². The van der Waals surface area contributed by atoms with Crippen molar-refractivity contribution in [2.75, 3.05) is 5.75 Å². The van der Waals surface area contributed by atoms with Gasteiger partial charge in [0.05, 0.1) is 5.76 Å². The smallest absolute Gasteiger partial charge is 0.250 e. The SMILES string of the molecule is C=C(O)CS.O=c1ccc(C(c2ccc(Cl)cc2)c2ccc(Cl)cc2)cn1CCCc1ccccc1. The molecule has 4 aromatic rings. The van der Waals surface area contributed by atoms with E-state index in [2.05, 4.69) is 31.3 Å². The zero-order valence-electron chi connectivity index (χ0n) is 19.9. The lowest BCUT2D eigenvalue weighted by molar-refractivity contribution is 0.420. The van der Waals surface area contributed by atoms with E-state index in [1.807, 2.05) is 83.6 Å². The van der Waals surface area contributed by atoms with Gasteiger partial charge >= 0.3 is 0 Å². The van der Waals surface area contributed by atoms with Crippen LogP contribution in [0.2, 0.25) is 10.0 Å². The summed E-state index contributed by atoms with van der Waals surface area (Å²) < 4.78 is 1.82. The largest absolute Gasteiger partial charge is 0.512 e. The number of hydrogen-bond donors (Lipinski definition) is 2. The number of hydrogen-bond acceptors (Lipinski definition) is 3. The minimum Gasteiger partial charge on any atom is -0.512 e. The lowest BCUT2D eigenvalue weighted by Crippen LogP contribution is -2.20. The van der Waals surface area contributed by atoms with Crippen molar-refractivity contribution in [2.45, 2.75) is 25.3 Å².